The van der Waals surface area contributed by atoms with Crippen molar-refractivity contribution in [3.63, 3.8) is 0 Å². The Bertz CT molecular complexity index is 974. The second-order valence-electron chi connectivity index (χ2n) is 7.35. The topological polar surface area (TPSA) is 75.0 Å². The summed E-state index contributed by atoms with van der Waals surface area (Å²) >= 11 is 0. The van der Waals surface area contributed by atoms with Crippen molar-refractivity contribution in [3.8, 4) is 17.0 Å². The molecular weight excluding hydrogens is 354 g/mol. The molecule has 4 rings (SSSR count). The Morgan fingerprint density at radius 3 is 2.71 bits per heavy atom. The summed E-state index contributed by atoms with van der Waals surface area (Å²) in [6, 6.07) is 8.02. The molecule has 28 heavy (non-hydrogen) atoms. The Hall–Kier alpha value is -3.22. The number of aromatic amines is 1. The summed E-state index contributed by atoms with van der Waals surface area (Å²) in [5, 5.41) is 3.24. The van der Waals surface area contributed by atoms with Crippen LogP contribution in [0.2, 0.25) is 0 Å². The number of ether oxygens (including phenoxy) is 1. The van der Waals surface area contributed by atoms with Crippen molar-refractivity contribution in [2.24, 2.45) is 0 Å². The minimum atomic E-state index is 0.0242. The Morgan fingerprint density at radius 1 is 1.25 bits per heavy atom. The van der Waals surface area contributed by atoms with Gasteiger partial charge in [-0.15, -0.1) is 4.68 Å². The summed E-state index contributed by atoms with van der Waals surface area (Å²) in [5.74, 6) is 1.51. The van der Waals surface area contributed by atoms with E-state index in [1.165, 1.54) is 0 Å². The van der Waals surface area contributed by atoms with Crippen LogP contribution in [-0.4, -0.2) is 40.0 Å². The maximum Gasteiger partial charge on any atom is 0.214 e. The van der Waals surface area contributed by atoms with Crippen molar-refractivity contribution in [1.82, 2.24) is 15.1 Å². The van der Waals surface area contributed by atoms with E-state index in [1.54, 1.807) is 19.3 Å². The predicted molar refractivity (Wildman–Crippen MR) is 105 cm³/mol. The van der Waals surface area contributed by atoms with Gasteiger partial charge in [-0.25, -0.2) is 9.97 Å². The molecule has 1 aliphatic rings. The van der Waals surface area contributed by atoms with Crippen LogP contribution in [0.25, 0.3) is 11.1 Å². The first-order chi connectivity index (χ1) is 13.5. The predicted octanol–water partition coefficient (Wildman–Crippen LogP) is 2.81. The molecule has 1 fully saturated rings. The fraction of sp³-hybridized carbons (Fsp3) is 0.333. The van der Waals surface area contributed by atoms with Gasteiger partial charge in [0.15, 0.2) is 11.8 Å². The molecule has 144 valence electrons. The Morgan fingerprint density at radius 2 is 2.07 bits per heavy atom. The van der Waals surface area contributed by atoms with Crippen LogP contribution in [0, 0.1) is 0 Å². The van der Waals surface area contributed by atoms with Gasteiger partial charge in [0, 0.05) is 24.0 Å². The standard InChI is InChI=1S/C21H23N5O2/c1-14(2)26-11-18(10-24-26)16-6-7-22-21(8-16)28-19-12-25(13-19)20-5-4-17(9-23-20)15(3)27/h4-11,14,19H,12-13H2,1-3H3/p+1. The fourth-order valence-electron chi connectivity index (χ4n) is 3.13. The smallest absolute Gasteiger partial charge is 0.214 e. The zero-order valence-electron chi connectivity index (χ0n) is 16.3. The van der Waals surface area contributed by atoms with Gasteiger partial charge in [0.25, 0.3) is 0 Å². The van der Waals surface area contributed by atoms with Gasteiger partial charge in [0.1, 0.15) is 11.9 Å². The zero-order chi connectivity index (χ0) is 19.7. The lowest BCUT2D eigenvalue weighted by atomic mass is 10.1. The van der Waals surface area contributed by atoms with Gasteiger partial charge >= 0.3 is 0 Å². The number of rotatable bonds is 6. The van der Waals surface area contributed by atoms with Crippen molar-refractivity contribution in [3.05, 3.63) is 54.6 Å². The summed E-state index contributed by atoms with van der Waals surface area (Å²) in [5.41, 5.74) is 2.80. The van der Waals surface area contributed by atoms with Crippen LogP contribution in [-0.2, 0) is 0 Å². The van der Waals surface area contributed by atoms with Crippen LogP contribution in [0.1, 0.15) is 37.2 Å². The molecule has 0 amide bonds. The van der Waals surface area contributed by atoms with E-state index in [1.807, 2.05) is 30.5 Å². The number of hydrogen-bond donors (Lipinski definition) is 1. The van der Waals surface area contributed by atoms with Crippen molar-refractivity contribution in [1.29, 1.82) is 0 Å². The third-order valence-corrected chi connectivity index (χ3v) is 4.89. The van der Waals surface area contributed by atoms with Crippen LogP contribution < -0.4 is 14.3 Å². The monoisotopic (exact) mass is 378 g/mol. The number of nitrogens with zero attached hydrogens (tertiary/aromatic N) is 4. The Balaban J connectivity index is 1.37. The molecule has 1 aliphatic heterocycles. The van der Waals surface area contributed by atoms with E-state index < -0.39 is 0 Å². The highest BCUT2D eigenvalue weighted by Gasteiger charge is 2.30. The van der Waals surface area contributed by atoms with Crippen LogP contribution in [0.15, 0.2) is 49.1 Å². The number of carbonyl (C=O) groups excluding carboxylic acids is 1. The number of anilines is 1. The van der Waals surface area contributed by atoms with Gasteiger partial charge in [0.05, 0.1) is 24.8 Å². The van der Waals surface area contributed by atoms with Crippen LogP contribution in [0.5, 0.6) is 5.88 Å². The molecule has 1 N–H and O–H groups in total. The first kappa shape index (κ1) is 18.2. The number of carbonyl (C=O) groups is 1. The molecule has 0 aromatic carbocycles. The minimum Gasteiger partial charge on any atom is -0.471 e. The lowest BCUT2D eigenvalue weighted by molar-refractivity contribution is -0.767. The van der Waals surface area contributed by atoms with Crippen LogP contribution >= 0.6 is 0 Å². The van der Waals surface area contributed by atoms with E-state index >= 15 is 0 Å². The van der Waals surface area contributed by atoms with E-state index in [0.717, 1.165) is 30.0 Å². The molecule has 4 heterocycles. The van der Waals surface area contributed by atoms with Gasteiger partial charge in [-0.1, -0.05) is 0 Å². The summed E-state index contributed by atoms with van der Waals surface area (Å²) in [7, 11) is 0. The molecule has 7 nitrogen and oxygen atoms in total. The van der Waals surface area contributed by atoms with Gasteiger partial charge in [0.2, 0.25) is 12.1 Å². The normalized spacial score (nSPS) is 14.2. The molecule has 3 aromatic rings. The largest absolute Gasteiger partial charge is 0.471 e. The number of Topliss-reactive ketones (excluding diaryl/α,β-unsaturated/α-hetero) is 1. The maximum absolute atomic E-state index is 11.3. The van der Waals surface area contributed by atoms with Gasteiger partial charge in [-0.05, 0) is 44.5 Å². The van der Waals surface area contributed by atoms with E-state index in [0.29, 0.717) is 17.5 Å². The lowest BCUT2D eigenvalue weighted by Gasteiger charge is -2.39. The first-order valence-electron chi connectivity index (χ1n) is 9.44. The third kappa shape index (κ3) is 3.74. The van der Waals surface area contributed by atoms with Crippen LogP contribution in [0.4, 0.5) is 5.82 Å². The molecule has 1 saturated heterocycles. The van der Waals surface area contributed by atoms with Crippen LogP contribution in [0.3, 0.4) is 0 Å². The fourth-order valence-corrected chi connectivity index (χ4v) is 3.13. The SMILES string of the molecule is CC(=O)c1ccc(N2CC(Oc3cc(-c4c[nH][n+](C(C)C)c4)ccn3)C2)nc1. The van der Waals surface area contributed by atoms with E-state index in [-0.39, 0.29) is 11.9 Å². The number of pyridine rings is 2. The average molecular weight is 378 g/mol. The van der Waals surface area contributed by atoms with Crippen molar-refractivity contribution in [2.75, 3.05) is 18.0 Å². The highest BCUT2D eigenvalue weighted by Crippen LogP contribution is 2.25. The molecule has 0 spiro atoms. The summed E-state index contributed by atoms with van der Waals surface area (Å²) < 4.78 is 8.09. The molecule has 0 saturated carbocycles. The van der Waals surface area contributed by atoms with Crippen molar-refractivity contribution < 1.29 is 14.2 Å². The zero-order valence-corrected chi connectivity index (χ0v) is 16.3. The lowest BCUT2D eigenvalue weighted by Crippen LogP contribution is -2.54. The number of hydrogen-bond acceptors (Lipinski definition) is 5. The van der Waals surface area contributed by atoms with Gasteiger partial charge in [-0.3, -0.25) is 4.79 Å². The van der Waals surface area contributed by atoms with E-state index in [4.69, 9.17) is 4.74 Å². The highest BCUT2D eigenvalue weighted by atomic mass is 16.5. The summed E-state index contributed by atoms with van der Waals surface area (Å²) in [4.78, 5) is 22.2. The number of H-pyrrole nitrogens is 1. The third-order valence-electron chi connectivity index (χ3n) is 4.89. The Kier molecular flexibility index (Phi) is 4.81. The second kappa shape index (κ2) is 7.42. The molecule has 0 radical (unpaired) electrons. The van der Waals surface area contributed by atoms with E-state index in [2.05, 4.69) is 44.7 Å². The number of ketones is 1. The van der Waals surface area contributed by atoms with Crippen molar-refractivity contribution in [2.45, 2.75) is 32.9 Å². The summed E-state index contributed by atoms with van der Waals surface area (Å²) in [6.07, 6.45) is 7.54. The number of nitrogens with one attached hydrogen (secondary N) is 1. The quantitative estimate of drug-likeness (QED) is 0.527. The highest BCUT2D eigenvalue weighted by molar-refractivity contribution is 5.93. The number of aromatic nitrogens is 4. The Labute approximate surface area is 164 Å². The molecule has 7 heteroatoms. The molecule has 3 aromatic heterocycles. The summed E-state index contributed by atoms with van der Waals surface area (Å²) in [6.45, 7) is 7.30. The molecule has 0 unspecified atom stereocenters. The second-order valence-corrected chi connectivity index (χ2v) is 7.35. The molecular formula is C21H24N5O2+. The minimum absolute atomic E-state index is 0.0242. The molecule has 0 atom stereocenters. The van der Waals surface area contributed by atoms with E-state index in [9.17, 15) is 4.79 Å². The van der Waals surface area contributed by atoms with Crippen molar-refractivity contribution >= 4 is 11.6 Å². The van der Waals surface area contributed by atoms with Gasteiger partial charge < -0.3 is 9.64 Å². The maximum atomic E-state index is 11.3. The average Bonchev–Trinajstić information content (AvgIpc) is 3.15. The molecule has 0 bridgehead atoms. The first-order valence-corrected chi connectivity index (χ1v) is 9.44. The van der Waals surface area contributed by atoms with Gasteiger partial charge in [-0.2, -0.15) is 5.10 Å². The molecule has 0 aliphatic carbocycles.